The van der Waals surface area contributed by atoms with Gasteiger partial charge in [-0.25, -0.2) is 9.37 Å². The Bertz CT molecular complexity index is 1260. The summed E-state index contributed by atoms with van der Waals surface area (Å²) in [4.78, 5) is 33.7. The van der Waals surface area contributed by atoms with Gasteiger partial charge in [0.1, 0.15) is 17.8 Å². The molecule has 3 heterocycles. The predicted molar refractivity (Wildman–Crippen MR) is 136 cm³/mol. The van der Waals surface area contributed by atoms with Gasteiger partial charge in [-0.1, -0.05) is 32.0 Å². The van der Waals surface area contributed by atoms with Gasteiger partial charge >= 0.3 is 0 Å². The number of likely N-dealkylation sites (tertiary alicyclic amines) is 1. The quantitative estimate of drug-likeness (QED) is 0.444. The van der Waals surface area contributed by atoms with Crippen LogP contribution in [0.1, 0.15) is 72.2 Å². The average Bonchev–Trinajstić information content (AvgIpc) is 3.59. The molecule has 7 nitrogen and oxygen atoms in total. The van der Waals surface area contributed by atoms with Crippen LogP contribution in [0, 0.1) is 11.7 Å². The fraction of sp³-hybridized carbons (Fsp3) is 0.414. The number of aromatic nitrogens is 1. The zero-order chi connectivity index (χ0) is 25.9. The molecule has 2 amide bonds. The van der Waals surface area contributed by atoms with Crippen LogP contribution in [0.25, 0.3) is 0 Å². The minimum Gasteiger partial charge on any atom is -0.484 e. The maximum atomic E-state index is 13.7. The standard InChI is InChI=1S/C29H32FN3O4/c1-19(2)15-27(34)33-14-11-20-7-10-23(16-24(20)28(33)21-5-8-22(30)9-6-21)36-18-26-31-25(17-37-26)29(35)32-12-3-4-13-32/h5-10,16-17,19,28H,3-4,11-15,18H2,1-2H3. The number of carbonyl (C=O) groups is 2. The molecule has 1 unspecified atom stereocenters. The highest BCUT2D eigenvalue weighted by Crippen LogP contribution is 2.38. The fourth-order valence-electron chi connectivity index (χ4n) is 5.13. The maximum absolute atomic E-state index is 13.7. The van der Waals surface area contributed by atoms with E-state index in [1.165, 1.54) is 18.4 Å². The number of carbonyl (C=O) groups excluding carboxylic acids is 2. The van der Waals surface area contributed by atoms with Gasteiger partial charge in [-0.05, 0) is 66.1 Å². The molecule has 0 spiro atoms. The first kappa shape index (κ1) is 25.0. The second kappa shape index (κ2) is 10.7. The molecule has 0 aliphatic carbocycles. The highest BCUT2D eigenvalue weighted by Gasteiger charge is 2.32. The first-order valence-corrected chi connectivity index (χ1v) is 12.9. The number of benzene rings is 2. The predicted octanol–water partition coefficient (Wildman–Crippen LogP) is 5.15. The van der Waals surface area contributed by atoms with Crippen molar-refractivity contribution in [3.63, 3.8) is 0 Å². The summed E-state index contributed by atoms with van der Waals surface area (Å²) in [6, 6.07) is 11.9. The van der Waals surface area contributed by atoms with E-state index in [0.29, 0.717) is 30.3 Å². The van der Waals surface area contributed by atoms with Crippen molar-refractivity contribution in [2.75, 3.05) is 19.6 Å². The Morgan fingerprint density at radius 3 is 2.59 bits per heavy atom. The van der Waals surface area contributed by atoms with Crippen LogP contribution in [-0.2, 0) is 17.8 Å². The number of halogens is 1. The molecule has 0 saturated carbocycles. The lowest BCUT2D eigenvalue weighted by atomic mass is 9.87. The number of ether oxygens (including phenoxy) is 1. The van der Waals surface area contributed by atoms with Crippen LogP contribution in [0.2, 0.25) is 0 Å². The van der Waals surface area contributed by atoms with Crippen LogP contribution in [0.15, 0.2) is 53.1 Å². The summed E-state index contributed by atoms with van der Waals surface area (Å²) >= 11 is 0. The maximum Gasteiger partial charge on any atom is 0.275 e. The van der Waals surface area contributed by atoms with Crippen LogP contribution in [0.3, 0.4) is 0 Å². The van der Waals surface area contributed by atoms with Gasteiger partial charge in [-0.3, -0.25) is 9.59 Å². The van der Waals surface area contributed by atoms with E-state index in [1.54, 1.807) is 17.0 Å². The van der Waals surface area contributed by atoms with Crippen molar-refractivity contribution in [2.45, 2.75) is 52.2 Å². The summed E-state index contributed by atoms with van der Waals surface area (Å²) in [7, 11) is 0. The van der Waals surface area contributed by atoms with Crippen LogP contribution < -0.4 is 4.74 Å². The molecule has 2 aliphatic heterocycles. The molecular weight excluding hydrogens is 473 g/mol. The van der Waals surface area contributed by atoms with Crippen molar-refractivity contribution in [3.05, 3.63) is 82.8 Å². The Kier molecular flexibility index (Phi) is 7.26. The Labute approximate surface area is 216 Å². The van der Waals surface area contributed by atoms with E-state index in [1.807, 2.05) is 36.9 Å². The number of hydrogen-bond acceptors (Lipinski definition) is 5. The second-order valence-corrected chi connectivity index (χ2v) is 10.2. The Hall–Kier alpha value is -3.68. The third-order valence-corrected chi connectivity index (χ3v) is 6.96. The third-order valence-electron chi connectivity index (χ3n) is 6.96. The minimum atomic E-state index is -0.328. The van der Waals surface area contributed by atoms with Gasteiger partial charge in [0, 0.05) is 26.1 Å². The minimum absolute atomic E-state index is 0.0727. The molecule has 3 aromatic rings. The lowest BCUT2D eigenvalue weighted by Crippen LogP contribution is -2.41. The van der Waals surface area contributed by atoms with Crippen molar-refractivity contribution in [1.29, 1.82) is 0 Å². The molecule has 0 radical (unpaired) electrons. The van der Waals surface area contributed by atoms with Crippen molar-refractivity contribution in [3.8, 4) is 5.75 Å². The molecule has 5 rings (SSSR count). The normalized spacial score (nSPS) is 17.2. The molecule has 1 atom stereocenters. The van der Waals surface area contributed by atoms with Crippen LogP contribution in [-0.4, -0.2) is 46.2 Å². The van der Waals surface area contributed by atoms with E-state index in [0.717, 1.165) is 49.0 Å². The number of oxazole rings is 1. The molecule has 2 aliphatic rings. The van der Waals surface area contributed by atoms with E-state index >= 15 is 0 Å². The largest absolute Gasteiger partial charge is 0.484 e. The van der Waals surface area contributed by atoms with Crippen LogP contribution in [0.5, 0.6) is 5.75 Å². The van der Waals surface area contributed by atoms with Crippen LogP contribution >= 0.6 is 0 Å². The first-order chi connectivity index (χ1) is 17.9. The lowest BCUT2D eigenvalue weighted by molar-refractivity contribution is -0.134. The monoisotopic (exact) mass is 505 g/mol. The number of fused-ring (bicyclic) bond motifs is 1. The van der Waals surface area contributed by atoms with E-state index in [2.05, 4.69) is 4.98 Å². The summed E-state index contributed by atoms with van der Waals surface area (Å²) in [6.45, 7) is 6.23. The Balaban J connectivity index is 1.37. The molecule has 0 N–H and O–H groups in total. The Morgan fingerprint density at radius 2 is 1.86 bits per heavy atom. The average molecular weight is 506 g/mol. The van der Waals surface area contributed by atoms with Gasteiger partial charge in [0.15, 0.2) is 12.3 Å². The van der Waals surface area contributed by atoms with Crippen molar-refractivity contribution >= 4 is 11.8 Å². The topological polar surface area (TPSA) is 75.9 Å². The molecule has 0 bridgehead atoms. The molecular formula is C29H32FN3O4. The Morgan fingerprint density at radius 1 is 1.11 bits per heavy atom. The van der Waals surface area contributed by atoms with Crippen molar-refractivity contribution in [2.24, 2.45) is 5.92 Å². The van der Waals surface area contributed by atoms with Crippen molar-refractivity contribution < 1.29 is 23.1 Å². The zero-order valence-electron chi connectivity index (χ0n) is 21.3. The smallest absolute Gasteiger partial charge is 0.275 e. The molecule has 2 aromatic carbocycles. The molecule has 1 aromatic heterocycles. The first-order valence-electron chi connectivity index (χ1n) is 12.9. The number of rotatable bonds is 7. The number of amides is 2. The molecule has 1 fully saturated rings. The van der Waals surface area contributed by atoms with Gasteiger partial charge in [0.05, 0.1) is 6.04 Å². The number of nitrogens with zero attached hydrogens (tertiary/aromatic N) is 3. The van der Waals surface area contributed by atoms with Crippen LogP contribution in [0.4, 0.5) is 4.39 Å². The fourth-order valence-corrected chi connectivity index (χ4v) is 5.13. The van der Waals surface area contributed by atoms with E-state index in [4.69, 9.17) is 9.15 Å². The van der Waals surface area contributed by atoms with Gasteiger partial charge in [-0.15, -0.1) is 0 Å². The van der Waals surface area contributed by atoms with Crippen molar-refractivity contribution in [1.82, 2.24) is 14.8 Å². The lowest BCUT2D eigenvalue weighted by Gasteiger charge is -2.38. The van der Waals surface area contributed by atoms with Gasteiger partial charge in [0.25, 0.3) is 5.91 Å². The van der Waals surface area contributed by atoms with Gasteiger partial charge < -0.3 is 19.0 Å². The van der Waals surface area contributed by atoms with E-state index in [-0.39, 0.29) is 36.2 Å². The summed E-state index contributed by atoms with van der Waals surface area (Å²) < 4.78 is 25.2. The molecule has 8 heteroatoms. The SMILES string of the molecule is CC(C)CC(=O)N1CCc2ccc(OCc3nc(C(=O)N4CCCC4)co3)cc2C1c1ccc(F)cc1. The summed E-state index contributed by atoms with van der Waals surface area (Å²) in [6.07, 6.45) is 4.59. The zero-order valence-corrected chi connectivity index (χ0v) is 21.3. The third kappa shape index (κ3) is 5.53. The highest BCUT2D eigenvalue weighted by atomic mass is 19.1. The number of hydrogen-bond donors (Lipinski definition) is 0. The van der Waals surface area contributed by atoms with E-state index < -0.39 is 0 Å². The molecule has 37 heavy (non-hydrogen) atoms. The summed E-state index contributed by atoms with van der Waals surface area (Å²) in [5.41, 5.74) is 3.24. The van der Waals surface area contributed by atoms with E-state index in [9.17, 15) is 14.0 Å². The van der Waals surface area contributed by atoms with Gasteiger partial charge in [-0.2, -0.15) is 0 Å². The summed E-state index contributed by atoms with van der Waals surface area (Å²) in [5.74, 6) is 0.815. The molecule has 194 valence electrons. The summed E-state index contributed by atoms with van der Waals surface area (Å²) in [5, 5.41) is 0. The highest BCUT2D eigenvalue weighted by molar-refractivity contribution is 5.92. The second-order valence-electron chi connectivity index (χ2n) is 10.2. The molecule has 1 saturated heterocycles. The van der Waals surface area contributed by atoms with Gasteiger partial charge in [0.2, 0.25) is 11.8 Å².